The molecule has 0 saturated heterocycles. The van der Waals surface area contributed by atoms with E-state index >= 15 is 0 Å². The summed E-state index contributed by atoms with van der Waals surface area (Å²) in [6.07, 6.45) is 0. The summed E-state index contributed by atoms with van der Waals surface area (Å²) in [5.41, 5.74) is 6.15. The fraction of sp³-hybridized carbons (Fsp3) is 0. The standard InChI is InChI=1S/C9H7NO2S2/c10-7-4-1-2-14-8(4)6(13)3-5(7)9(11)12/h1-3,13H,10H2,(H,11,12). The highest BCUT2D eigenvalue weighted by Crippen LogP contribution is 2.34. The van der Waals surface area contributed by atoms with Gasteiger partial charge >= 0.3 is 5.97 Å². The Morgan fingerprint density at radius 1 is 1.57 bits per heavy atom. The third-order valence-corrected chi connectivity index (χ3v) is 3.44. The van der Waals surface area contributed by atoms with Gasteiger partial charge in [0.25, 0.3) is 0 Å². The molecule has 2 aromatic rings. The number of carbonyl (C=O) groups is 1. The molecule has 0 atom stereocenters. The number of benzene rings is 1. The Kier molecular flexibility index (Phi) is 2.13. The Morgan fingerprint density at radius 2 is 2.29 bits per heavy atom. The number of thiophene rings is 1. The highest BCUT2D eigenvalue weighted by Gasteiger charge is 2.13. The van der Waals surface area contributed by atoms with Crippen molar-refractivity contribution >= 4 is 45.7 Å². The van der Waals surface area contributed by atoms with E-state index in [-0.39, 0.29) is 5.56 Å². The number of carboxylic acids is 1. The lowest BCUT2D eigenvalue weighted by Crippen LogP contribution is -2.02. The molecule has 1 aromatic heterocycles. The van der Waals surface area contributed by atoms with Crippen LogP contribution in [0.25, 0.3) is 10.1 Å². The Hall–Kier alpha value is -1.20. The topological polar surface area (TPSA) is 63.3 Å². The fourth-order valence-corrected chi connectivity index (χ4v) is 2.55. The second-order valence-electron chi connectivity index (χ2n) is 2.83. The molecule has 1 heterocycles. The molecule has 0 amide bonds. The number of hydrogen-bond acceptors (Lipinski definition) is 4. The average Bonchev–Trinajstić information content (AvgIpc) is 2.59. The second-order valence-corrected chi connectivity index (χ2v) is 4.22. The smallest absolute Gasteiger partial charge is 0.337 e. The summed E-state index contributed by atoms with van der Waals surface area (Å²) in [4.78, 5) is 11.5. The van der Waals surface area contributed by atoms with Gasteiger partial charge in [0.2, 0.25) is 0 Å². The van der Waals surface area contributed by atoms with Gasteiger partial charge in [-0.05, 0) is 17.5 Å². The minimum absolute atomic E-state index is 0.112. The maximum atomic E-state index is 10.8. The summed E-state index contributed by atoms with van der Waals surface area (Å²) in [5.74, 6) is -1.02. The summed E-state index contributed by atoms with van der Waals surface area (Å²) in [6, 6.07) is 3.29. The van der Waals surface area contributed by atoms with E-state index in [0.717, 1.165) is 10.1 Å². The van der Waals surface area contributed by atoms with Gasteiger partial charge in [-0.25, -0.2) is 4.79 Å². The SMILES string of the molecule is Nc1c(C(=O)O)cc(S)c2sccc12. The largest absolute Gasteiger partial charge is 0.478 e. The molecule has 0 spiro atoms. The van der Waals surface area contributed by atoms with Crippen molar-refractivity contribution in [2.24, 2.45) is 0 Å². The van der Waals surface area contributed by atoms with Gasteiger partial charge in [-0.15, -0.1) is 24.0 Å². The number of fused-ring (bicyclic) bond motifs is 1. The molecule has 3 nitrogen and oxygen atoms in total. The van der Waals surface area contributed by atoms with E-state index in [9.17, 15) is 4.79 Å². The summed E-state index contributed by atoms with van der Waals surface area (Å²) >= 11 is 5.72. The maximum Gasteiger partial charge on any atom is 0.337 e. The predicted octanol–water partition coefficient (Wildman–Crippen LogP) is 2.47. The van der Waals surface area contributed by atoms with Gasteiger partial charge in [0.05, 0.1) is 11.3 Å². The van der Waals surface area contributed by atoms with Crippen LogP contribution >= 0.6 is 24.0 Å². The average molecular weight is 225 g/mol. The van der Waals surface area contributed by atoms with Crippen LogP contribution in [0.15, 0.2) is 22.4 Å². The first-order chi connectivity index (χ1) is 6.61. The summed E-state index contributed by atoms with van der Waals surface area (Å²) in [7, 11) is 0. The number of carboxylic acid groups (broad SMARTS) is 1. The molecule has 0 aliphatic rings. The van der Waals surface area contributed by atoms with E-state index in [1.165, 1.54) is 17.4 Å². The van der Waals surface area contributed by atoms with E-state index in [4.69, 9.17) is 10.8 Å². The molecule has 0 saturated carbocycles. The van der Waals surface area contributed by atoms with Crippen molar-refractivity contribution in [3.8, 4) is 0 Å². The zero-order valence-electron chi connectivity index (χ0n) is 7.02. The van der Waals surface area contributed by atoms with E-state index in [2.05, 4.69) is 12.6 Å². The molecule has 0 bridgehead atoms. The fourth-order valence-electron chi connectivity index (χ4n) is 1.32. The number of aromatic carboxylic acids is 1. The van der Waals surface area contributed by atoms with Crippen LogP contribution in [-0.4, -0.2) is 11.1 Å². The van der Waals surface area contributed by atoms with Crippen LogP contribution in [0.4, 0.5) is 5.69 Å². The van der Waals surface area contributed by atoms with E-state index in [0.29, 0.717) is 10.6 Å². The first kappa shape index (κ1) is 9.36. The van der Waals surface area contributed by atoms with Crippen molar-refractivity contribution in [1.82, 2.24) is 0 Å². The Bertz CT molecular complexity index is 519. The number of hydrogen-bond donors (Lipinski definition) is 3. The molecule has 72 valence electrons. The van der Waals surface area contributed by atoms with Crippen molar-refractivity contribution in [3.05, 3.63) is 23.1 Å². The minimum Gasteiger partial charge on any atom is -0.478 e. The summed E-state index contributed by atoms with van der Waals surface area (Å²) < 4.78 is 0.927. The van der Waals surface area contributed by atoms with Gasteiger partial charge in [0.1, 0.15) is 0 Å². The van der Waals surface area contributed by atoms with Gasteiger partial charge in [-0.3, -0.25) is 0 Å². The monoisotopic (exact) mass is 225 g/mol. The van der Waals surface area contributed by atoms with Crippen LogP contribution in [0, 0.1) is 0 Å². The first-order valence-corrected chi connectivity index (χ1v) is 5.16. The molecule has 0 fully saturated rings. The molecule has 1 aromatic carbocycles. The van der Waals surface area contributed by atoms with Gasteiger partial charge in [-0.1, -0.05) is 0 Å². The maximum absolute atomic E-state index is 10.8. The van der Waals surface area contributed by atoms with Crippen LogP contribution in [0.1, 0.15) is 10.4 Å². The lowest BCUT2D eigenvalue weighted by atomic mass is 10.1. The second kappa shape index (κ2) is 3.18. The first-order valence-electron chi connectivity index (χ1n) is 3.83. The molecule has 0 aliphatic carbocycles. The molecular weight excluding hydrogens is 218 g/mol. The van der Waals surface area contributed by atoms with Gasteiger partial charge in [0.15, 0.2) is 0 Å². The third-order valence-electron chi connectivity index (χ3n) is 1.99. The summed E-state index contributed by atoms with van der Waals surface area (Å²) in [6.45, 7) is 0. The minimum atomic E-state index is -1.02. The highest BCUT2D eigenvalue weighted by molar-refractivity contribution is 7.80. The molecule has 0 aliphatic heterocycles. The number of thiol groups is 1. The Morgan fingerprint density at radius 3 is 2.93 bits per heavy atom. The molecule has 2 rings (SSSR count). The van der Waals surface area contributed by atoms with Gasteiger partial charge in [-0.2, -0.15) is 0 Å². The Labute approximate surface area is 89.6 Å². The molecular formula is C9H7NO2S2. The van der Waals surface area contributed by atoms with Crippen LogP contribution in [0.5, 0.6) is 0 Å². The Balaban J connectivity index is 2.88. The molecule has 3 N–H and O–H groups in total. The molecule has 0 unspecified atom stereocenters. The van der Waals surface area contributed by atoms with Crippen molar-refractivity contribution < 1.29 is 9.90 Å². The molecule has 14 heavy (non-hydrogen) atoms. The van der Waals surface area contributed by atoms with Crippen molar-refractivity contribution in [2.75, 3.05) is 5.73 Å². The predicted molar refractivity (Wildman–Crippen MR) is 60.4 cm³/mol. The van der Waals surface area contributed by atoms with E-state index in [1.807, 2.05) is 11.4 Å². The number of anilines is 1. The highest BCUT2D eigenvalue weighted by atomic mass is 32.1. The van der Waals surface area contributed by atoms with Crippen LogP contribution in [0.2, 0.25) is 0 Å². The number of rotatable bonds is 1. The van der Waals surface area contributed by atoms with Gasteiger partial charge < -0.3 is 10.8 Å². The van der Waals surface area contributed by atoms with Gasteiger partial charge in [0, 0.05) is 15.0 Å². The van der Waals surface area contributed by atoms with Crippen molar-refractivity contribution in [3.63, 3.8) is 0 Å². The zero-order valence-corrected chi connectivity index (χ0v) is 8.73. The number of nitrogens with two attached hydrogens (primary N) is 1. The van der Waals surface area contributed by atoms with Crippen molar-refractivity contribution in [1.29, 1.82) is 0 Å². The van der Waals surface area contributed by atoms with Crippen LogP contribution in [-0.2, 0) is 0 Å². The molecule has 0 radical (unpaired) electrons. The van der Waals surface area contributed by atoms with Crippen LogP contribution < -0.4 is 5.73 Å². The summed E-state index contributed by atoms with van der Waals surface area (Å²) in [5, 5.41) is 11.5. The van der Waals surface area contributed by atoms with E-state index < -0.39 is 5.97 Å². The molecule has 5 heteroatoms. The third kappa shape index (κ3) is 1.25. The lowest BCUT2D eigenvalue weighted by Gasteiger charge is -2.04. The number of nitrogen functional groups attached to an aromatic ring is 1. The van der Waals surface area contributed by atoms with Crippen molar-refractivity contribution in [2.45, 2.75) is 4.90 Å². The quantitative estimate of drug-likeness (QED) is 0.516. The normalized spacial score (nSPS) is 10.6. The van der Waals surface area contributed by atoms with E-state index in [1.54, 1.807) is 0 Å². The lowest BCUT2D eigenvalue weighted by molar-refractivity contribution is 0.0698. The van der Waals surface area contributed by atoms with Crippen LogP contribution in [0.3, 0.4) is 0 Å². The zero-order chi connectivity index (χ0) is 10.3.